The van der Waals surface area contributed by atoms with Crippen LogP contribution in [0.15, 0.2) is 41.3 Å². The number of benzene rings is 1. The maximum absolute atomic E-state index is 13.3. The van der Waals surface area contributed by atoms with Crippen LogP contribution in [0, 0.1) is 5.82 Å². The lowest BCUT2D eigenvalue weighted by Gasteiger charge is -2.08. The molecule has 1 heterocycles. The summed E-state index contributed by atoms with van der Waals surface area (Å²) >= 11 is 0. The van der Waals surface area contributed by atoms with Crippen LogP contribution in [0.2, 0.25) is 0 Å². The third kappa shape index (κ3) is 3.90. The van der Waals surface area contributed by atoms with Gasteiger partial charge in [-0.05, 0) is 12.1 Å². The van der Waals surface area contributed by atoms with Crippen LogP contribution in [0.4, 0.5) is 10.1 Å². The van der Waals surface area contributed by atoms with Crippen molar-refractivity contribution in [2.24, 2.45) is 0 Å². The van der Waals surface area contributed by atoms with Crippen molar-refractivity contribution >= 4 is 11.6 Å². The number of halogens is 1. The summed E-state index contributed by atoms with van der Waals surface area (Å²) in [6.45, 7) is -0.737. The number of aliphatic hydroxyl groups is 1. The fourth-order valence-electron chi connectivity index (χ4n) is 1.60. The number of aliphatic hydroxyl groups excluding tert-OH is 1. The van der Waals surface area contributed by atoms with Gasteiger partial charge in [-0.2, -0.15) is 0 Å². The number of pyridine rings is 1. The Morgan fingerprint density at radius 1 is 1.38 bits per heavy atom. The molecule has 0 atom stereocenters. The maximum atomic E-state index is 13.3. The van der Waals surface area contributed by atoms with Crippen molar-refractivity contribution in [2.75, 3.05) is 11.9 Å². The number of amides is 1. The number of hydrogen-bond acceptors (Lipinski definition) is 4. The van der Waals surface area contributed by atoms with E-state index in [1.54, 1.807) is 6.07 Å². The molecule has 3 N–H and O–H groups in total. The quantitative estimate of drug-likeness (QED) is 0.767. The van der Waals surface area contributed by atoms with Gasteiger partial charge in [-0.3, -0.25) is 9.59 Å². The van der Waals surface area contributed by atoms with Crippen molar-refractivity contribution in [3.05, 3.63) is 58.3 Å². The summed E-state index contributed by atoms with van der Waals surface area (Å²) in [5.41, 5.74) is -0.0877. The largest absolute Gasteiger partial charge is 0.478 e. The SMILES string of the molecule is O=C(COc1c[nH]c(CO)cc1=O)Nc1ccccc1F. The molecular formula is C14H13FN2O4. The van der Waals surface area contributed by atoms with Gasteiger partial charge in [0.1, 0.15) is 5.82 Å². The normalized spacial score (nSPS) is 10.2. The van der Waals surface area contributed by atoms with Crippen molar-refractivity contribution in [3.63, 3.8) is 0 Å². The molecule has 2 aromatic rings. The Hall–Kier alpha value is -2.67. The molecule has 2 rings (SSSR count). The Labute approximate surface area is 119 Å². The minimum Gasteiger partial charge on any atom is -0.478 e. The summed E-state index contributed by atoms with van der Waals surface area (Å²) in [7, 11) is 0. The molecule has 0 radical (unpaired) electrons. The van der Waals surface area contributed by atoms with Crippen molar-refractivity contribution in [1.82, 2.24) is 4.98 Å². The molecule has 0 saturated carbocycles. The number of rotatable bonds is 5. The summed E-state index contributed by atoms with van der Waals surface area (Å²) in [5.74, 6) is -1.21. The highest BCUT2D eigenvalue weighted by atomic mass is 19.1. The molecule has 1 amide bonds. The minimum atomic E-state index is -0.592. The number of aromatic amines is 1. The standard InChI is InChI=1S/C14H13FN2O4/c15-10-3-1-2-4-11(10)17-14(20)8-21-13-6-16-9(7-18)5-12(13)19/h1-6,18H,7-8H2,(H,16,19)(H,17,20). The Morgan fingerprint density at radius 3 is 2.81 bits per heavy atom. The van der Waals surface area contributed by atoms with E-state index in [0.29, 0.717) is 5.69 Å². The Bertz CT molecular complexity index is 699. The van der Waals surface area contributed by atoms with Gasteiger partial charge >= 0.3 is 0 Å². The van der Waals surface area contributed by atoms with Gasteiger partial charge in [-0.25, -0.2) is 4.39 Å². The van der Waals surface area contributed by atoms with Gasteiger partial charge in [0.05, 0.1) is 12.3 Å². The lowest BCUT2D eigenvalue weighted by Crippen LogP contribution is -2.22. The fraction of sp³-hybridized carbons (Fsp3) is 0.143. The van der Waals surface area contributed by atoms with Gasteiger partial charge in [0.15, 0.2) is 12.4 Å². The van der Waals surface area contributed by atoms with Crippen LogP contribution in [0.1, 0.15) is 5.69 Å². The van der Waals surface area contributed by atoms with Gasteiger partial charge in [0.2, 0.25) is 5.43 Å². The highest BCUT2D eigenvalue weighted by Gasteiger charge is 2.09. The summed E-state index contributed by atoms with van der Waals surface area (Å²) in [6, 6.07) is 6.89. The molecule has 1 aromatic carbocycles. The molecule has 0 unspecified atom stereocenters. The van der Waals surface area contributed by atoms with E-state index in [1.165, 1.54) is 30.5 Å². The fourth-order valence-corrected chi connectivity index (χ4v) is 1.60. The van der Waals surface area contributed by atoms with E-state index in [2.05, 4.69) is 10.3 Å². The molecule has 0 aliphatic carbocycles. The first-order valence-electron chi connectivity index (χ1n) is 6.10. The lowest BCUT2D eigenvalue weighted by molar-refractivity contribution is -0.118. The van der Waals surface area contributed by atoms with Crippen LogP contribution < -0.4 is 15.5 Å². The van der Waals surface area contributed by atoms with Crippen molar-refractivity contribution < 1.29 is 19.0 Å². The van der Waals surface area contributed by atoms with Crippen LogP contribution in [0.25, 0.3) is 0 Å². The molecular weight excluding hydrogens is 279 g/mol. The third-order valence-electron chi connectivity index (χ3n) is 2.61. The number of carbonyl (C=O) groups is 1. The predicted octanol–water partition coefficient (Wildman–Crippen LogP) is 1.02. The number of ether oxygens (including phenoxy) is 1. The van der Waals surface area contributed by atoms with Gasteiger partial charge in [0, 0.05) is 18.0 Å². The second-order valence-electron chi connectivity index (χ2n) is 4.16. The van der Waals surface area contributed by atoms with Crippen LogP contribution in [0.5, 0.6) is 5.75 Å². The Balaban J connectivity index is 1.96. The molecule has 0 spiro atoms. The van der Waals surface area contributed by atoms with Gasteiger partial charge in [-0.1, -0.05) is 12.1 Å². The first kappa shape index (κ1) is 14.7. The average Bonchev–Trinajstić information content (AvgIpc) is 2.48. The molecule has 0 aliphatic heterocycles. The summed E-state index contributed by atoms with van der Waals surface area (Å²) in [5, 5.41) is 11.2. The zero-order valence-electron chi connectivity index (χ0n) is 10.9. The first-order chi connectivity index (χ1) is 10.1. The third-order valence-corrected chi connectivity index (χ3v) is 2.61. The van der Waals surface area contributed by atoms with Gasteiger partial charge in [0.25, 0.3) is 5.91 Å². The Kier molecular flexibility index (Phi) is 4.68. The lowest BCUT2D eigenvalue weighted by atomic mass is 10.3. The topological polar surface area (TPSA) is 91.4 Å². The molecule has 7 heteroatoms. The number of nitrogens with one attached hydrogen (secondary N) is 2. The van der Waals surface area contributed by atoms with Crippen molar-refractivity contribution in [1.29, 1.82) is 0 Å². The van der Waals surface area contributed by atoms with E-state index in [0.717, 1.165) is 0 Å². The first-order valence-corrected chi connectivity index (χ1v) is 6.10. The number of hydrogen-bond donors (Lipinski definition) is 3. The van der Waals surface area contributed by atoms with Crippen LogP contribution in [-0.4, -0.2) is 22.6 Å². The smallest absolute Gasteiger partial charge is 0.262 e. The van der Waals surface area contributed by atoms with E-state index >= 15 is 0 Å². The summed E-state index contributed by atoms with van der Waals surface area (Å²) in [6.07, 6.45) is 1.25. The molecule has 21 heavy (non-hydrogen) atoms. The Morgan fingerprint density at radius 2 is 2.14 bits per heavy atom. The molecule has 6 nitrogen and oxygen atoms in total. The number of carbonyl (C=O) groups excluding carboxylic acids is 1. The molecule has 0 fully saturated rings. The highest BCUT2D eigenvalue weighted by Crippen LogP contribution is 2.12. The molecule has 110 valence electrons. The van der Waals surface area contributed by atoms with E-state index in [9.17, 15) is 14.0 Å². The van der Waals surface area contributed by atoms with E-state index in [4.69, 9.17) is 9.84 Å². The van der Waals surface area contributed by atoms with Crippen LogP contribution >= 0.6 is 0 Å². The summed E-state index contributed by atoms with van der Waals surface area (Å²) in [4.78, 5) is 25.8. The van der Waals surface area contributed by atoms with Crippen molar-refractivity contribution in [2.45, 2.75) is 6.61 Å². The zero-order valence-corrected chi connectivity index (χ0v) is 10.9. The zero-order chi connectivity index (χ0) is 15.2. The van der Waals surface area contributed by atoms with Crippen LogP contribution in [0.3, 0.4) is 0 Å². The van der Waals surface area contributed by atoms with Gasteiger partial charge in [-0.15, -0.1) is 0 Å². The minimum absolute atomic E-state index is 0.0376. The number of anilines is 1. The van der Waals surface area contributed by atoms with Crippen LogP contribution in [-0.2, 0) is 11.4 Å². The number of para-hydroxylation sites is 1. The van der Waals surface area contributed by atoms with E-state index in [-0.39, 0.29) is 18.0 Å². The number of aromatic nitrogens is 1. The second-order valence-corrected chi connectivity index (χ2v) is 4.16. The van der Waals surface area contributed by atoms with Gasteiger partial charge < -0.3 is 20.1 Å². The van der Waals surface area contributed by atoms with E-state index in [1.807, 2.05) is 0 Å². The molecule has 0 bridgehead atoms. The predicted molar refractivity (Wildman–Crippen MR) is 73.5 cm³/mol. The van der Waals surface area contributed by atoms with E-state index < -0.39 is 23.8 Å². The molecule has 0 aliphatic rings. The maximum Gasteiger partial charge on any atom is 0.262 e. The monoisotopic (exact) mass is 292 g/mol. The highest BCUT2D eigenvalue weighted by molar-refractivity contribution is 5.91. The average molecular weight is 292 g/mol. The van der Waals surface area contributed by atoms with Crippen molar-refractivity contribution in [3.8, 4) is 5.75 Å². The second kappa shape index (κ2) is 6.67. The summed E-state index contributed by atoms with van der Waals surface area (Å²) < 4.78 is 18.4. The molecule has 1 aromatic heterocycles. The molecule has 0 saturated heterocycles. The number of H-pyrrole nitrogens is 1.